The molecule has 3 rings (SSSR count). The largest absolute Gasteiger partial charge is 0.380 e. The first-order valence-corrected chi connectivity index (χ1v) is 10.3. The summed E-state index contributed by atoms with van der Waals surface area (Å²) in [5, 5.41) is 10.6. The molecule has 0 radical (unpaired) electrons. The van der Waals surface area contributed by atoms with E-state index in [2.05, 4.69) is 6.92 Å². The molecule has 2 fully saturated rings. The summed E-state index contributed by atoms with van der Waals surface area (Å²) in [5.41, 5.74) is -1.87. The minimum absolute atomic E-state index is 0.102. The maximum absolute atomic E-state index is 13.2. The van der Waals surface area contributed by atoms with Crippen LogP contribution in [0.2, 0.25) is 0 Å². The molecule has 0 atom stereocenters. The minimum atomic E-state index is -1.18. The number of piperidine rings is 1. The van der Waals surface area contributed by atoms with E-state index < -0.39 is 11.1 Å². The van der Waals surface area contributed by atoms with Crippen molar-refractivity contribution in [2.75, 3.05) is 13.1 Å². The molecule has 0 bridgehead atoms. The molecule has 1 saturated heterocycles. The predicted molar refractivity (Wildman–Crippen MR) is 101 cm³/mol. The third-order valence-electron chi connectivity index (χ3n) is 6.22. The minimum Gasteiger partial charge on any atom is -0.380 e. The maximum atomic E-state index is 13.2. The van der Waals surface area contributed by atoms with E-state index in [1.54, 1.807) is 4.90 Å². The molecule has 1 N–H and O–H groups in total. The maximum Gasteiger partial charge on any atom is 0.256 e. The molecule has 0 aromatic heterocycles. The highest BCUT2D eigenvalue weighted by molar-refractivity contribution is 6.08. The van der Waals surface area contributed by atoms with Gasteiger partial charge < -0.3 is 10.0 Å². The topological polar surface area (TPSA) is 73.2 Å². The predicted octanol–water partition coefficient (Wildman–Crippen LogP) is 2.49. The van der Waals surface area contributed by atoms with Gasteiger partial charge in [0.05, 0.1) is 0 Å². The Hall–Kier alpha value is -1.43. The second-order valence-corrected chi connectivity index (χ2v) is 8.46. The molecule has 26 heavy (non-hydrogen) atoms. The van der Waals surface area contributed by atoms with E-state index in [1.807, 2.05) is 18.7 Å². The van der Waals surface area contributed by atoms with Gasteiger partial charge in [0, 0.05) is 25.6 Å². The monoisotopic (exact) mass is 363 g/mol. The normalized spacial score (nSPS) is 24.7. The fourth-order valence-corrected chi connectivity index (χ4v) is 4.61. The lowest BCUT2D eigenvalue weighted by Crippen LogP contribution is -2.56. The summed E-state index contributed by atoms with van der Waals surface area (Å²) >= 11 is 0. The van der Waals surface area contributed by atoms with Gasteiger partial charge in [-0.1, -0.05) is 13.3 Å². The number of amidine groups is 1. The molecule has 2 amide bonds. The summed E-state index contributed by atoms with van der Waals surface area (Å²) in [6.45, 7) is 7.22. The van der Waals surface area contributed by atoms with E-state index in [0.717, 1.165) is 37.9 Å². The summed E-state index contributed by atoms with van der Waals surface area (Å²) in [6.07, 6.45) is 7.01. The first-order valence-electron chi connectivity index (χ1n) is 10.3. The number of hydrogen-bond acceptors (Lipinski definition) is 4. The van der Waals surface area contributed by atoms with Gasteiger partial charge in [-0.05, 0) is 58.8 Å². The molecular formula is C20H33N3O3. The van der Waals surface area contributed by atoms with Crippen molar-refractivity contribution in [3.8, 4) is 0 Å². The molecule has 1 aliphatic carbocycles. The van der Waals surface area contributed by atoms with Crippen LogP contribution in [0.4, 0.5) is 0 Å². The highest BCUT2D eigenvalue weighted by Gasteiger charge is 2.52. The van der Waals surface area contributed by atoms with Crippen molar-refractivity contribution >= 4 is 17.6 Å². The number of rotatable bonds is 5. The van der Waals surface area contributed by atoms with Gasteiger partial charge in [-0.15, -0.1) is 0 Å². The number of unbranched alkanes of at least 4 members (excludes halogenated alkanes) is 1. The van der Waals surface area contributed by atoms with E-state index >= 15 is 0 Å². The average molecular weight is 364 g/mol. The summed E-state index contributed by atoms with van der Waals surface area (Å²) in [6, 6.07) is 0.108. The van der Waals surface area contributed by atoms with E-state index in [4.69, 9.17) is 4.99 Å². The number of amides is 2. The SMILES string of the molecule is CCCCC1=NC2(CCN(C(=O)C3(O)CCCC3)CC2)C(=O)N1C(C)C. The van der Waals surface area contributed by atoms with Gasteiger partial charge in [0.1, 0.15) is 17.0 Å². The number of carbonyl (C=O) groups excluding carboxylic acids is 2. The van der Waals surface area contributed by atoms with Crippen LogP contribution in [0.1, 0.15) is 78.6 Å². The molecule has 0 aromatic carbocycles. The summed E-state index contributed by atoms with van der Waals surface area (Å²) in [7, 11) is 0. The zero-order valence-corrected chi connectivity index (χ0v) is 16.5. The zero-order valence-electron chi connectivity index (χ0n) is 16.5. The van der Waals surface area contributed by atoms with Crippen molar-refractivity contribution < 1.29 is 14.7 Å². The van der Waals surface area contributed by atoms with Crippen molar-refractivity contribution in [3.63, 3.8) is 0 Å². The van der Waals surface area contributed by atoms with Crippen LogP contribution in [0.15, 0.2) is 4.99 Å². The van der Waals surface area contributed by atoms with E-state index in [0.29, 0.717) is 38.8 Å². The lowest BCUT2D eigenvalue weighted by molar-refractivity contribution is -0.153. The lowest BCUT2D eigenvalue weighted by atomic mass is 9.86. The van der Waals surface area contributed by atoms with Crippen LogP contribution in [0.3, 0.4) is 0 Å². The molecule has 1 spiro atoms. The Morgan fingerprint density at radius 3 is 2.35 bits per heavy atom. The van der Waals surface area contributed by atoms with Gasteiger partial charge in [0.25, 0.3) is 11.8 Å². The van der Waals surface area contributed by atoms with Crippen molar-refractivity contribution in [1.29, 1.82) is 0 Å². The number of aliphatic hydroxyl groups is 1. The smallest absolute Gasteiger partial charge is 0.256 e. The van der Waals surface area contributed by atoms with Crippen LogP contribution in [0.25, 0.3) is 0 Å². The van der Waals surface area contributed by atoms with Crippen LogP contribution in [0.5, 0.6) is 0 Å². The third kappa shape index (κ3) is 3.28. The van der Waals surface area contributed by atoms with Gasteiger partial charge in [-0.2, -0.15) is 0 Å². The van der Waals surface area contributed by atoms with Crippen molar-refractivity contribution in [1.82, 2.24) is 9.80 Å². The summed E-state index contributed by atoms with van der Waals surface area (Å²) < 4.78 is 0. The standard InChI is InChI=1S/C20H33N3O3/c1-4-5-8-16-21-19(17(24)23(16)15(2)3)11-13-22(14-12-19)18(25)20(26)9-6-7-10-20/h15,26H,4-14H2,1-3H3. The number of aliphatic imine (C=N–C) groups is 1. The van der Waals surface area contributed by atoms with Crippen LogP contribution < -0.4 is 0 Å². The molecule has 2 aliphatic heterocycles. The van der Waals surface area contributed by atoms with E-state index in [1.165, 1.54) is 0 Å². The van der Waals surface area contributed by atoms with Gasteiger partial charge in [-0.25, -0.2) is 0 Å². The van der Waals surface area contributed by atoms with Gasteiger partial charge >= 0.3 is 0 Å². The van der Waals surface area contributed by atoms with Crippen LogP contribution in [0, 0.1) is 0 Å². The van der Waals surface area contributed by atoms with Gasteiger partial charge in [0.15, 0.2) is 0 Å². The molecular weight excluding hydrogens is 330 g/mol. The number of carbonyl (C=O) groups is 2. The number of nitrogens with zero attached hydrogens (tertiary/aromatic N) is 3. The Bertz CT molecular complexity index is 585. The number of likely N-dealkylation sites (tertiary alicyclic amines) is 1. The second kappa shape index (κ2) is 7.29. The lowest BCUT2D eigenvalue weighted by Gasteiger charge is -2.39. The molecule has 0 aromatic rings. The quantitative estimate of drug-likeness (QED) is 0.815. The molecule has 6 nitrogen and oxygen atoms in total. The Morgan fingerprint density at radius 2 is 1.81 bits per heavy atom. The first-order chi connectivity index (χ1) is 12.3. The highest BCUT2D eigenvalue weighted by Crippen LogP contribution is 2.38. The Morgan fingerprint density at radius 1 is 1.19 bits per heavy atom. The molecule has 1 saturated carbocycles. The van der Waals surface area contributed by atoms with Gasteiger partial charge in [0.2, 0.25) is 0 Å². The van der Waals surface area contributed by atoms with E-state index in [9.17, 15) is 14.7 Å². The summed E-state index contributed by atoms with van der Waals surface area (Å²) in [4.78, 5) is 34.4. The van der Waals surface area contributed by atoms with Crippen molar-refractivity contribution in [2.45, 2.75) is 95.7 Å². The molecule has 6 heteroatoms. The summed E-state index contributed by atoms with van der Waals surface area (Å²) in [5.74, 6) is 0.873. The molecule has 2 heterocycles. The third-order valence-corrected chi connectivity index (χ3v) is 6.22. The first kappa shape index (κ1) is 19.3. The molecule has 3 aliphatic rings. The zero-order chi connectivity index (χ0) is 18.9. The molecule has 146 valence electrons. The van der Waals surface area contributed by atoms with Gasteiger partial charge in [-0.3, -0.25) is 19.5 Å². The van der Waals surface area contributed by atoms with E-state index in [-0.39, 0.29) is 17.9 Å². The molecule has 0 unspecified atom stereocenters. The van der Waals surface area contributed by atoms with Crippen LogP contribution in [-0.2, 0) is 9.59 Å². The second-order valence-electron chi connectivity index (χ2n) is 8.46. The Balaban J connectivity index is 1.71. The highest BCUT2D eigenvalue weighted by atomic mass is 16.3. The Kier molecular flexibility index (Phi) is 5.42. The fraction of sp³-hybridized carbons (Fsp3) is 0.850. The number of hydrogen-bond donors (Lipinski definition) is 1. The van der Waals surface area contributed by atoms with Crippen molar-refractivity contribution in [3.05, 3.63) is 0 Å². The Labute approximate surface area is 156 Å². The van der Waals surface area contributed by atoms with Crippen molar-refractivity contribution in [2.24, 2.45) is 4.99 Å². The fourth-order valence-electron chi connectivity index (χ4n) is 4.61. The van der Waals surface area contributed by atoms with Crippen LogP contribution >= 0.6 is 0 Å². The average Bonchev–Trinajstić information content (AvgIpc) is 3.17. The van der Waals surface area contributed by atoms with Crippen LogP contribution in [-0.4, -0.2) is 62.8 Å².